The highest BCUT2D eigenvalue weighted by Crippen LogP contribution is 2.26. The molecule has 3 atom stereocenters. The van der Waals surface area contributed by atoms with Crippen LogP contribution in [-0.4, -0.2) is 28.8 Å². The first-order valence-corrected chi connectivity index (χ1v) is 4.47. The normalized spacial score (nSPS) is 35.5. The molecule has 0 aromatic heterocycles. The van der Waals surface area contributed by atoms with Crippen LogP contribution in [-0.2, 0) is 4.79 Å². The van der Waals surface area contributed by atoms with Crippen LogP contribution in [0.4, 0.5) is 0 Å². The molecule has 1 fully saturated rings. The molecule has 0 spiro atoms. The molecule has 1 rings (SSSR count). The highest BCUT2D eigenvalue weighted by atomic mass is 35.5. The first kappa shape index (κ1) is 9.01. The van der Waals surface area contributed by atoms with E-state index >= 15 is 0 Å². The van der Waals surface area contributed by atoms with Crippen molar-refractivity contribution in [3.63, 3.8) is 0 Å². The molecule has 1 saturated heterocycles. The van der Waals surface area contributed by atoms with E-state index in [1.54, 1.807) is 0 Å². The Bertz CT molecular complexity index is 141. The van der Waals surface area contributed by atoms with Gasteiger partial charge in [0.25, 0.3) is 0 Å². The van der Waals surface area contributed by atoms with Gasteiger partial charge < -0.3 is 4.79 Å². The van der Waals surface area contributed by atoms with E-state index < -0.39 is 5.50 Å². The quantitative estimate of drug-likeness (QED) is 0.361. The third kappa shape index (κ3) is 1.74. The molecule has 0 N–H and O–H groups in total. The van der Waals surface area contributed by atoms with Crippen LogP contribution in [0.1, 0.15) is 26.7 Å². The Morgan fingerprint density at radius 2 is 1.91 bits per heavy atom. The number of hydrogen-bond donors (Lipinski definition) is 0. The molecule has 0 bridgehead atoms. The fourth-order valence-electron chi connectivity index (χ4n) is 1.77. The lowest BCUT2D eigenvalue weighted by molar-refractivity contribution is -0.110. The lowest BCUT2D eigenvalue weighted by Gasteiger charge is -2.27. The van der Waals surface area contributed by atoms with Crippen molar-refractivity contribution in [2.45, 2.75) is 44.3 Å². The van der Waals surface area contributed by atoms with E-state index in [0.29, 0.717) is 12.1 Å². The first-order valence-electron chi connectivity index (χ1n) is 4.03. The van der Waals surface area contributed by atoms with E-state index in [0.717, 1.165) is 19.1 Å². The van der Waals surface area contributed by atoms with Gasteiger partial charge in [-0.2, -0.15) is 0 Å². The third-order valence-corrected chi connectivity index (χ3v) is 2.75. The number of nitrogens with zero attached hydrogens (tertiary/aromatic N) is 1. The van der Waals surface area contributed by atoms with Crippen molar-refractivity contribution >= 4 is 17.9 Å². The Labute approximate surface area is 72.5 Å². The number of halogens is 1. The lowest BCUT2D eigenvalue weighted by Crippen LogP contribution is -2.39. The van der Waals surface area contributed by atoms with Crippen molar-refractivity contribution in [2.75, 3.05) is 0 Å². The van der Waals surface area contributed by atoms with Crippen molar-refractivity contribution < 1.29 is 4.79 Å². The molecule has 0 aromatic rings. The molecule has 0 radical (unpaired) electrons. The van der Waals surface area contributed by atoms with Crippen molar-refractivity contribution in [2.24, 2.45) is 0 Å². The molecule has 11 heavy (non-hydrogen) atoms. The Morgan fingerprint density at radius 1 is 1.45 bits per heavy atom. The second-order valence-corrected chi connectivity index (χ2v) is 3.68. The maximum atomic E-state index is 10.4. The zero-order valence-electron chi connectivity index (χ0n) is 6.96. The molecule has 0 aromatic carbocycles. The first-order chi connectivity index (χ1) is 5.16. The van der Waals surface area contributed by atoms with E-state index in [1.165, 1.54) is 0 Å². The monoisotopic (exact) mass is 175 g/mol. The maximum absolute atomic E-state index is 10.4. The summed E-state index contributed by atoms with van der Waals surface area (Å²) < 4.78 is 0. The summed E-state index contributed by atoms with van der Waals surface area (Å²) in [6.45, 7) is 4.23. The minimum atomic E-state index is -0.428. The summed E-state index contributed by atoms with van der Waals surface area (Å²) in [4.78, 5) is 12.5. The van der Waals surface area contributed by atoms with E-state index in [2.05, 4.69) is 18.7 Å². The van der Waals surface area contributed by atoms with Gasteiger partial charge in [-0.3, -0.25) is 4.90 Å². The topological polar surface area (TPSA) is 20.3 Å². The number of hydrogen-bond acceptors (Lipinski definition) is 2. The van der Waals surface area contributed by atoms with Gasteiger partial charge in [0.15, 0.2) is 6.29 Å². The number of aldehydes is 1. The minimum Gasteiger partial charge on any atom is -0.300 e. The zero-order valence-corrected chi connectivity index (χ0v) is 7.71. The standard InChI is InChI=1S/C8H14ClNO/c1-6-3-4-7(2)10(6)8(9)5-11/h5-8H,3-4H2,1-2H3/t6-,7-,8?/m1/s1. The molecule has 64 valence electrons. The van der Waals surface area contributed by atoms with Crippen LogP contribution in [0.5, 0.6) is 0 Å². The average molecular weight is 176 g/mol. The molecule has 1 unspecified atom stereocenters. The van der Waals surface area contributed by atoms with Gasteiger partial charge in [0, 0.05) is 12.1 Å². The summed E-state index contributed by atoms with van der Waals surface area (Å²) in [5, 5.41) is 0. The summed E-state index contributed by atoms with van der Waals surface area (Å²) in [6, 6.07) is 0.912. The molecule has 0 amide bonds. The van der Waals surface area contributed by atoms with Gasteiger partial charge in [-0.1, -0.05) is 11.6 Å². The summed E-state index contributed by atoms with van der Waals surface area (Å²) in [7, 11) is 0. The average Bonchev–Trinajstić information content (AvgIpc) is 2.30. The second kappa shape index (κ2) is 3.55. The Kier molecular flexibility index (Phi) is 2.90. The fourth-order valence-corrected chi connectivity index (χ4v) is 2.16. The lowest BCUT2D eigenvalue weighted by atomic mass is 10.2. The Hall–Kier alpha value is -0.0800. The van der Waals surface area contributed by atoms with Gasteiger partial charge in [-0.15, -0.1) is 0 Å². The minimum absolute atomic E-state index is 0.428. The molecular weight excluding hydrogens is 162 g/mol. The number of carbonyl (C=O) groups is 1. The summed E-state index contributed by atoms with van der Waals surface area (Å²) in [5.74, 6) is 0. The molecular formula is C8H14ClNO. The van der Waals surface area contributed by atoms with Crippen LogP contribution in [0.15, 0.2) is 0 Å². The molecule has 2 nitrogen and oxygen atoms in total. The molecule has 1 aliphatic rings. The third-order valence-electron chi connectivity index (χ3n) is 2.42. The Balaban J connectivity index is 2.60. The van der Waals surface area contributed by atoms with Crippen molar-refractivity contribution in [3.8, 4) is 0 Å². The van der Waals surface area contributed by atoms with Gasteiger partial charge in [0.05, 0.1) is 0 Å². The van der Waals surface area contributed by atoms with Crippen LogP contribution in [0.25, 0.3) is 0 Å². The molecule has 0 aliphatic carbocycles. The van der Waals surface area contributed by atoms with Crippen molar-refractivity contribution in [1.29, 1.82) is 0 Å². The van der Waals surface area contributed by atoms with Crippen molar-refractivity contribution in [1.82, 2.24) is 4.90 Å². The predicted molar refractivity (Wildman–Crippen MR) is 45.7 cm³/mol. The number of rotatable bonds is 2. The van der Waals surface area contributed by atoms with Crippen LogP contribution >= 0.6 is 11.6 Å². The van der Waals surface area contributed by atoms with Gasteiger partial charge in [0.2, 0.25) is 0 Å². The van der Waals surface area contributed by atoms with Crippen LogP contribution in [0.2, 0.25) is 0 Å². The van der Waals surface area contributed by atoms with E-state index in [1.807, 2.05) is 0 Å². The summed E-state index contributed by atoms with van der Waals surface area (Å²) >= 11 is 5.82. The van der Waals surface area contributed by atoms with E-state index in [9.17, 15) is 4.79 Å². The summed E-state index contributed by atoms with van der Waals surface area (Å²) in [5.41, 5.74) is -0.428. The second-order valence-electron chi connectivity index (χ2n) is 3.23. The SMILES string of the molecule is C[C@@H]1CC[C@@H](C)N1C(Cl)C=O. The smallest absolute Gasteiger partial charge is 0.152 e. The highest BCUT2D eigenvalue weighted by Gasteiger charge is 2.31. The van der Waals surface area contributed by atoms with E-state index in [4.69, 9.17) is 11.6 Å². The number of carbonyl (C=O) groups excluding carboxylic acids is 1. The number of likely N-dealkylation sites (tertiary alicyclic amines) is 1. The Morgan fingerprint density at radius 3 is 2.27 bits per heavy atom. The van der Waals surface area contributed by atoms with Crippen molar-refractivity contribution in [3.05, 3.63) is 0 Å². The molecule has 3 heteroatoms. The summed E-state index contributed by atoms with van der Waals surface area (Å²) in [6.07, 6.45) is 3.11. The van der Waals surface area contributed by atoms with Crippen LogP contribution in [0, 0.1) is 0 Å². The van der Waals surface area contributed by atoms with Gasteiger partial charge in [0.1, 0.15) is 5.50 Å². The van der Waals surface area contributed by atoms with Gasteiger partial charge >= 0.3 is 0 Å². The largest absolute Gasteiger partial charge is 0.300 e. The highest BCUT2D eigenvalue weighted by molar-refractivity contribution is 6.27. The predicted octanol–water partition coefficient (Wildman–Crippen LogP) is 1.62. The van der Waals surface area contributed by atoms with Gasteiger partial charge in [-0.05, 0) is 26.7 Å². The van der Waals surface area contributed by atoms with Crippen LogP contribution < -0.4 is 0 Å². The van der Waals surface area contributed by atoms with E-state index in [-0.39, 0.29) is 0 Å². The molecule has 1 heterocycles. The van der Waals surface area contributed by atoms with Crippen LogP contribution in [0.3, 0.4) is 0 Å². The maximum Gasteiger partial charge on any atom is 0.152 e. The zero-order chi connectivity index (χ0) is 8.43. The van der Waals surface area contributed by atoms with Gasteiger partial charge in [-0.25, -0.2) is 0 Å². The molecule has 0 saturated carbocycles. The molecule has 1 aliphatic heterocycles. The number of alkyl halides is 1. The fraction of sp³-hybridized carbons (Fsp3) is 0.875.